The van der Waals surface area contributed by atoms with Crippen molar-refractivity contribution < 1.29 is 28.8 Å². The quantitative estimate of drug-likeness (QED) is 0.377. The second-order valence-electron chi connectivity index (χ2n) is 0.470. The first-order chi connectivity index (χ1) is 2.27. The Morgan fingerprint density at radius 3 is 1.44 bits per heavy atom. The largest absolute Gasteiger partial charge is 0.505 e. The molecule has 0 spiro atoms. The smallest absolute Gasteiger partial charge is 0.450 e. The summed E-state index contributed by atoms with van der Waals surface area (Å²) in [6.07, 6.45) is -1.25. The summed E-state index contributed by atoms with van der Waals surface area (Å²) >= 11 is 0. The molecular weight excluding hydrogens is 140 g/mol. The van der Waals surface area contributed by atoms with E-state index in [1.54, 1.807) is 0 Å². The van der Waals surface area contributed by atoms with Crippen LogP contribution in [0.5, 0.6) is 0 Å². The van der Waals surface area contributed by atoms with Crippen LogP contribution in [0.15, 0.2) is 0 Å². The minimum atomic E-state index is -1.25. The lowest BCUT2D eigenvalue weighted by Gasteiger charge is -1.79. The Balaban J connectivity index is -0.0000000133. The van der Waals surface area contributed by atoms with E-state index in [1.807, 2.05) is 0 Å². The van der Waals surface area contributed by atoms with Crippen LogP contribution in [0, 0.1) is 0 Å². The molecule has 0 saturated carbocycles. The number of rotatable bonds is 0. The molecule has 0 aliphatic rings. The molecule has 1 N–H and O–H groups in total. The summed E-state index contributed by atoms with van der Waals surface area (Å²) in [5, 5.41) is 7.50. The van der Waals surface area contributed by atoms with Crippen molar-refractivity contribution >= 4 is 14.6 Å². The fraction of sp³-hybridized carbons (Fsp3) is 0.500. The zero-order valence-electron chi connectivity index (χ0n) is 3.99. The van der Waals surface area contributed by atoms with Gasteiger partial charge in [0.25, 0.3) is 0 Å². The first kappa shape index (κ1) is 42.2. The summed E-state index contributed by atoms with van der Waals surface area (Å²) in [7, 11) is 1.10. The van der Waals surface area contributed by atoms with Crippen LogP contribution in [0.4, 0.5) is 18.9 Å². The normalized spacial score (nSPS) is 3.67. The zero-order valence-corrected chi connectivity index (χ0v) is 3.99. The SMILES string of the molecule is B.COC(=O)O.F.F.F. The fourth-order valence-corrected chi connectivity index (χ4v) is 0. The van der Waals surface area contributed by atoms with Gasteiger partial charge < -0.3 is 9.84 Å². The molecule has 0 bridgehead atoms. The molecule has 0 fully saturated rings. The maximum atomic E-state index is 9.15. The first-order valence-corrected chi connectivity index (χ1v) is 1.04. The molecule has 0 saturated heterocycles. The maximum absolute atomic E-state index is 9.15. The predicted octanol–water partition coefficient (Wildman–Crippen LogP) is -0.416. The van der Waals surface area contributed by atoms with Gasteiger partial charge in [-0.2, -0.15) is 0 Å². The lowest BCUT2D eigenvalue weighted by molar-refractivity contribution is 0.114. The highest BCUT2D eigenvalue weighted by molar-refractivity contribution is 5.75. The highest BCUT2D eigenvalue weighted by Crippen LogP contribution is 1.60. The van der Waals surface area contributed by atoms with Crippen LogP contribution in [-0.2, 0) is 4.74 Å². The molecule has 0 heterocycles. The summed E-state index contributed by atoms with van der Waals surface area (Å²) in [5.41, 5.74) is 0. The van der Waals surface area contributed by atoms with Crippen molar-refractivity contribution in [1.29, 1.82) is 0 Å². The molecule has 0 aliphatic carbocycles. The maximum Gasteiger partial charge on any atom is 0.505 e. The van der Waals surface area contributed by atoms with Crippen LogP contribution in [-0.4, -0.2) is 26.8 Å². The molecule has 60 valence electrons. The van der Waals surface area contributed by atoms with E-state index >= 15 is 0 Å². The lowest BCUT2D eigenvalue weighted by atomic mass is 10.8. The Hall–Kier alpha value is -0.875. The van der Waals surface area contributed by atoms with Crippen molar-refractivity contribution in [3.05, 3.63) is 0 Å². The Morgan fingerprint density at radius 2 is 1.44 bits per heavy atom. The average molecular weight is 150 g/mol. The van der Waals surface area contributed by atoms with Crippen LogP contribution in [0.1, 0.15) is 0 Å². The van der Waals surface area contributed by atoms with Gasteiger partial charge in [-0.1, -0.05) is 0 Å². The van der Waals surface area contributed by atoms with Gasteiger partial charge in [0.15, 0.2) is 0 Å². The summed E-state index contributed by atoms with van der Waals surface area (Å²) in [6, 6.07) is 0. The fourth-order valence-electron chi connectivity index (χ4n) is 0. The van der Waals surface area contributed by atoms with Gasteiger partial charge >= 0.3 is 6.16 Å². The number of ether oxygens (including phenoxy) is 1. The number of hydrogen-bond acceptors (Lipinski definition) is 2. The Kier molecular flexibility index (Phi) is 128. The topological polar surface area (TPSA) is 46.5 Å². The standard InChI is InChI=1S/C2H4O3.BH3.3FH/c1-5-2(3)4;;;;/h1H3,(H,3,4);1H3;3*1H. The molecule has 0 aliphatic heterocycles. The van der Waals surface area contributed by atoms with Gasteiger partial charge in [-0.25, -0.2) is 4.79 Å². The van der Waals surface area contributed by atoms with Crippen molar-refractivity contribution in [3.8, 4) is 0 Å². The van der Waals surface area contributed by atoms with Crippen molar-refractivity contribution in [1.82, 2.24) is 0 Å². The summed E-state index contributed by atoms with van der Waals surface area (Å²) in [6.45, 7) is 0. The van der Waals surface area contributed by atoms with Gasteiger partial charge in [0.2, 0.25) is 0 Å². The molecule has 0 aromatic rings. The number of hydrogen-bond donors (Lipinski definition) is 1. The Labute approximate surface area is 51.7 Å². The van der Waals surface area contributed by atoms with Gasteiger partial charge in [-0.15, -0.1) is 0 Å². The van der Waals surface area contributed by atoms with E-state index in [1.165, 1.54) is 0 Å². The van der Waals surface area contributed by atoms with Crippen molar-refractivity contribution in [2.75, 3.05) is 7.11 Å². The van der Waals surface area contributed by atoms with Crippen LogP contribution in [0.2, 0.25) is 0 Å². The third-order valence-electron chi connectivity index (χ3n) is 0.175. The third-order valence-corrected chi connectivity index (χ3v) is 0.175. The number of carbonyl (C=O) groups is 1. The molecule has 7 heteroatoms. The zero-order chi connectivity index (χ0) is 4.28. The molecule has 9 heavy (non-hydrogen) atoms. The summed E-state index contributed by atoms with van der Waals surface area (Å²) in [4.78, 5) is 9.15. The monoisotopic (exact) mass is 150 g/mol. The summed E-state index contributed by atoms with van der Waals surface area (Å²) < 4.78 is 3.67. The van der Waals surface area contributed by atoms with Gasteiger partial charge in [-0.05, 0) is 0 Å². The number of methoxy groups -OCH3 is 1. The molecule has 0 radical (unpaired) electrons. The highest BCUT2D eigenvalue weighted by Gasteiger charge is 1.80. The lowest BCUT2D eigenvalue weighted by Crippen LogP contribution is -1.91. The molecule has 3 nitrogen and oxygen atoms in total. The van der Waals surface area contributed by atoms with Crippen molar-refractivity contribution in [2.45, 2.75) is 0 Å². The second-order valence-corrected chi connectivity index (χ2v) is 0.470. The van der Waals surface area contributed by atoms with E-state index in [2.05, 4.69) is 4.74 Å². The van der Waals surface area contributed by atoms with Crippen LogP contribution in [0.3, 0.4) is 0 Å². The van der Waals surface area contributed by atoms with E-state index in [4.69, 9.17) is 9.90 Å². The second kappa shape index (κ2) is 27.4. The average Bonchev–Trinajstić information content (AvgIpc) is 1.38. The molecule has 0 atom stereocenters. The van der Waals surface area contributed by atoms with Gasteiger partial charge in [-0.3, -0.25) is 14.1 Å². The van der Waals surface area contributed by atoms with Gasteiger partial charge in [0.05, 0.1) is 15.5 Å². The number of carboxylic acid groups (broad SMARTS) is 1. The first-order valence-electron chi connectivity index (χ1n) is 1.04. The third kappa shape index (κ3) is 148. The minimum Gasteiger partial charge on any atom is -0.450 e. The van der Waals surface area contributed by atoms with E-state index in [0.717, 1.165) is 7.11 Å². The van der Waals surface area contributed by atoms with Crippen molar-refractivity contribution in [3.63, 3.8) is 0 Å². The van der Waals surface area contributed by atoms with E-state index in [9.17, 15) is 0 Å². The highest BCUT2D eigenvalue weighted by atomic mass is 19.0. The van der Waals surface area contributed by atoms with Gasteiger partial charge in [0, 0.05) is 0 Å². The molecule has 0 rings (SSSR count). The molecule has 0 unspecified atom stereocenters. The van der Waals surface area contributed by atoms with Crippen LogP contribution < -0.4 is 0 Å². The molecule has 0 amide bonds. The minimum absolute atomic E-state index is 0. The van der Waals surface area contributed by atoms with Crippen molar-refractivity contribution in [2.24, 2.45) is 0 Å². The van der Waals surface area contributed by atoms with Crippen LogP contribution >= 0.6 is 0 Å². The number of halogens is 3. The summed E-state index contributed by atoms with van der Waals surface area (Å²) in [5.74, 6) is 0. The molecule has 0 aromatic heterocycles. The van der Waals surface area contributed by atoms with E-state index < -0.39 is 6.16 Å². The van der Waals surface area contributed by atoms with E-state index in [-0.39, 0.29) is 22.5 Å². The van der Waals surface area contributed by atoms with E-state index in [0.29, 0.717) is 0 Å². The predicted molar refractivity (Wildman–Crippen MR) is 32.5 cm³/mol. The molecule has 0 aromatic carbocycles. The van der Waals surface area contributed by atoms with Crippen LogP contribution in [0.25, 0.3) is 0 Å². The Morgan fingerprint density at radius 1 is 1.33 bits per heavy atom. The Bertz CT molecular complexity index is 52.3. The molecular formula is C2H10BF3O3. The van der Waals surface area contributed by atoms with Gasteiger partial charge in [0.1, 0.15) is 0 Å².